The number of benzene rings is 3. The van der Waals surface area contributed by atoms with Crippen LogP contribution < -0.4 is 4.90 Å². The first-order chi connectivity index (χ1) is 16.7. The van der Waals surface area contributed by atoms with E-state index in [1.165, 1.54) is 11.8 Å². The largest absolute Gasteiger partial charge is 0.337 e. The van der Waals surface area contributed by atoms with Crippen LogP contribution in [0.25, 0.3) is 10.9 Å². The first-order valence-corrected chi connectivity index (χ1v) is 12.5. The molecule has 166 valence electrons. The van der Waals surface area contributed by atoms with Gasteiger partial charge in [0, 0.05) is 23.5 Å². The van der Waals surface area contributed by atoms with E-state index < -0.39 is 0 Å². The van der Waals surface area contributed by atoms with Crippen LogP contribution in [-0.4, -0.2) is 28.0 Å². The molecule has 3 aromatic carbocycles. The Kier molecular flexibility index (Phi) is 5.36. The summed E-state index contributed by atoms with van der Waals surface area (Å²) in [6.07, 6.45) is 1.78. The van der Waals surface area contributed by atoms with Crippen molar-refractivity contribution >= 4 is 56.9 Å². The summed E-state index contributed by atoms with van der Waals surface area (Å²) in [5.74, 6) is -0.0203. The number of hydrogen-bond acceptors (Lipinski definition) is 6. The van der Waals surface area contributed by atoms with Gasteiger partial charge in [-0.15, -0.1) is 0 Å². The summed E-state index contributed by atoms with van der Waals surface area (Å²) < 4.78 is 0. The Labute approximate surface area is 206 Å². The maximum absolute atomic E-state index is 13.8. The Morgan fingerprint density at radius 2 is 1.71 bits per heavy atom. The molecule has 0 atom stereocenters. The molecule has 0 bridgehead atoms. The zero-order chi connectivity index (χ0) is 23.1. The predicted octanol–water partition coefficient (Wildman–Crippen LogP) is 6.41. The van der Waals surface area contributed by atoms with Crippen LogP contribution in [0.4, 0.5) is 11.4 Å². The molecule has 1 saturated heterocycles. The number of fused-ring (bicyclic) bond motifs is 2. The molecule has 1 aromatic heterocycles. The summed E-state index contributed by atoms with van der Waals surface area (Å²) in [6, 6.07) is 28.1. The lowest BCUT2D eigenvalue weighted by molar-refractivity contribution is -0.122. The molecule has 6 rings (SSSR count). The van der Waals surface area contributed by atoms with Crippen molar-refractivity contribution in [1.82, 2.24) is 9.88 Å². The molecule has 0 N–H and O–H groups in total. The van der Waals surface area contributed by atoms with E-state index in [1.807, 2.05) is 79.8 Å². The van der Waals surface area contributed by atoms with E-state index >= 15 is 0 Å². The lowest BCUT2D eigenvalue weighted by Gasteiger charge is -2.17. The van der Waals surface area contributed by atoms with Crippen molar-refractivity contribution in [3.8, 4) is 0 Å². The summed E-state index contributed by atoms with van der Waals surface area (Å²) in [6.45, 7) is 0.465. The predicted molar refractivity (Wildman–Crippen MR) is 141 cm³/mol. The van der Waals surface area contributed by atoms with Crippen molar-refractivity contribution < 1.29 is 4.79 Å². The molecule has 5 nitrogen and oxygen atoms in total. The maximum atomic E-state index is 13.8. The van der Waals surface area contributed by atoms with E-state index in [-0.39, 0.29) is 5.91 Å². The molecule has 4 aromatic rings. The highest BCUT2D eigenvalue weighted by Gasteiger charge is 2.39. The molecule has 34 heavy (non-hydrogen) atoms. The lowest BCUT2D eigenvalue weighted by atomic mass is 10.2. The molecular weight excluding hydrogens is 460 g/mol. The summed E-state index contributed by atoms with van der Waals surface area (Å²) >= 11 is 3.08. The highest BCUT2D eigenvalue weighted by atomic mass is 32.2. The number of hydrogen-bond donors (Lipinski definition) is 0. The van der Waals surface area contributed by atoms with E-state index in [0.29, 0.717) is 16.6 Å². The third kappa shape index (κ3) is 3.67. The van der Waals surface area contributed by atoms with Crippen LogP contribution in [0, 0.1) is 0 Å². The van der Waals surface area contributed by atoms with E-state index in [2.05, 4.69) is 22.0 Å². The van der Waals surface area contributed by atoms with Gasteiger partial charge in [0.25, 0.3) is 5.91 Å². The fourth-order valence-corrected chi connectivity index (χ4v) is 6.45. The van der Waals surface area contributed by atoms with Gasteiger partial charge in [-0.1, -0.05) is 60.3 Å². The molecule has 2 aliphatic heterocycles. The highest BCUT2D eigenvalue weighted by Crippen LogP contribution is 2.50. The van der Waals surface area contributed by atoms with Crippen LogP contribution in [-0.2, 0) is 11.3 Å². The van der Waals surface area contributed by atoms with Gasteiger partial charge in [-0.05, 0) is 53.7 Å². The van der Waals surface area contributed by atoms with Gasteiger partial charge in [0.1, 0.15) is 4.91 Å². The number of pyridine rings is 1. The summed E-state index contributed by atoms with van der Waals surface area (Å²) in [4.78, 5) is 29.0. The van der Waals surface area contributed by atoms with Crippen molar-refractivity contribution in [2.75, 3.05) is 11.9 Å². The summed E-state index contributed by atoms with van der Waals surface area (Å²) in [7, 11) is 2.02. The topological polar surface area (TPSA) is 48.8 Å². The number of amidine groups is 1. The van der Waals surface area contributed by atoms with Crippen LogP contribution in [0.2, 0.25) is 0 Å². The number of aromatic nitrogens is 1. The van der Waals surface area contributed by atoms with E-state index in [9.17, 15) is 4.79 Å². The van der Waals surface area contributed by atoms with Crippen LogP contribution >= 0.6 is 23.5 Å². The molecule has 7 heteroatoms. The average Bonchev–Trinajstić information content (AvgIpc) is 3.36. The highest BCUT2D eigenvalue weighted by molar-refractivity contribution is 8.19. The Bertz CT molecular complexity index is 1480. The van der Waals surface area contributed by atoms with Gasteiger partial charge < -0.3 is 4.90 Å². The van der Waals surface area contributed by atoms with Crippen molar-refractivity contribution in [2.24, 2.45) is 4.99 Å². The molecule has 0 aliphatic carbocycles. The van der Waals surface area contributed by atoms with Gasteiger partial charge >= 0.3 is 0 Å². The van der Waals surface area contributed by atoms with Crippen molar-refractivity contribution in [3.05, 3.63) is 107 Å². The normalized spacial score (nSPS) is 18.9. The Morgan fingerprint density at radius 3 is 2.56 bits per heavy atom. The smallest absolute Gasteiger partial charge is 0.269 e. The van der Waals surface area contributed by atoms with Crippen LogP contribution in [0.1, 0.15) is 5.56 Å². The minimum absolute atomic E-state index is 0.0203. The zero-order valence-corrected chi connectivity index (χ0v) is 20.0. The quantitative estimate of drug-likeness (QED) is 0.317. The number of rotatable bonds is 3. The minimum atomic E-state index is -0.0203. The minimum Gasteiger partial charge on any atom is -0.337 e. The van der Waals surface area contributed by atoms with E-state index in [0.717, 1.165) is 37.8 Å². The van der Waals surface area contributed by atoms with Crippen LogP contribution in [0.5, 0.6) is 0 Å². The number of carbonyl (C=O) groups excluding carboxylic acids is 1. The fraction of sp³-hybridized carbons (Fsp3) is 0.0741. The zero-order valence-electron chi connectivity index (χ0n) is 18.4. The van der Waals surface area contributed by atoms with Crippen molar-refractivity contribution in [1.29, 1.82) is 0 Å². The van der Waals surface area contributed by atoms with Crippen molar-refractivity contribution in [3.63, 3.8) is 0 Å². The van der Waals surface area contributed by atoms with Gasteiger partial charge in [-0.2, -0.15) is 0 Å². The Balaban J connectivity index is 1.45. The molecule has 0 radical (unpaired) electrons. The molecule has 3 heterocycles. The van der Waals surface area contributed by atoms with Crippen molar-refractivity contribution in [2.45, 2.75) is 11.4 Å². The second kappa shape index (κ2) is 8.66. The Morgan fingerprint density at radius 1 is 0.882 bits per heavy atom. The number of nitrogens with zero attached hydrogens (tertiary/aromatic N) is 4. The number of anilines is 1. The number of para-hydroxylation sites is 1. The summed E-state index contributed by atoms with van der Waals surface area (Å²) in [5, 5.41) is 2.59. The van der Waals surface area contributed by atoms with Gasteiger partial charge in [0.15, 0.2) is 5.17 Å². The number of thioether (sulfide) groups is 2. The van der Waals surface area contributed by atoms with Gasteiger partial charge in [0.05, 0.1) is 28.5 Å². The van der Waals surface area contributed by atoms with E-state index in [1.54, 1.807) is 22.9 Å². The number of carbonyl (C=O) groups is 1. The van der Waals surface area contributed by atoms with Gasteiger partial charge in [0.2, 0.25) is 0 Å². The lowest BCUT2D eigenvalue weighted by Crippen LogP contribution is -2.29. The third-order valence-corrected chi connectivity index (χ3v) is 8.25. The van der Waals surface area contributed by atoms with Crippen LogP contribution in [0.3, 0.4) is 0 Å². The molecule has 0 unspecified atom stereocenters. The van der Waals surface area contributed by atoms with Crippen LogP contribution in [0.15, 0.2) is 111 Å². The first-order valence-electron chi connectivity index (χ1n) is 10.9. The number of aliphatic imine (C=N–C) groups is 1. The average molecular weight is 481 g/mol. The third-order valence-electron chi connectivity index (χ3n) is 5.82. The molecular formula is C27H20N4OS2. The summed E-state index contributed by atoms with van der Waals surface area (Å²) in [5.41, 5.74) is 3.86. The fourth-order valence-electron chi connectivity index (χ4n) is 4.11. The molecule has 0 saturated carbocycles. The SMILES string of the molecule is CN1C(=C2SC(=Nc3cccc4ncccc34)N(Cc3ccccc3)C2=O)Sc2ccccc21. The monoisotopic (exact) mass is 480 g/mol. The molecule has 0 spiro atoms. The second-order valence-corrected chi connectivity index (χ2v) is 9.99. The van der Waals surface area contributed by atoms with Gasteiger partial charge in [-0.3, -0.25) is 14.7 Å². The maximum Gasteiger partial charge on any atom is 0.269 e. The molecule has 2 aliphatic rings. The molecule has 1 amide bonds. The standard InChI is InChI=1S/C27H20N4OS2/c1-30-22-14-5-6-15-23(22)33-26(30)24-25(32)31(17-18-9-3-2-4-10-18)27(34-24)29-21-13-7-12-20-19(21)11-8-16-28-20/h2-16H,17H2,1H3. The van der Waals surface area contributed by atoms with Gasteiger partial charge in [-0.25, -0.2) is 4.99 Å². The second-order valence-electron chi connectivity index (χ2n) is 7.98. The van der Waals surface area contributed by atoms with E-state index in [4.69, 9.17) is 4.99 Å². The first kappa shape index (κ1) is 21.0. The molecule has 1 fully saturated rings. The number of amides is 1. The Hall–Kier alpha value is -3.55.